The van der Waals surface area contributed by atoms with Crippen molar-refractivity contribution < 1.29 is 5.11 Å². The fourth-order valence-corrected chi connectivity index (χ4v) is 2.05. The lowest BCUT2D eigenvalue weighted by Gasteiger charge is -2.39. The number of H-pyrrole nitrogens is 1. The zero-order valence-corrected chi connectivity index (χ0v) is 9.02. The van der Waals surface area contributed by atoms with Crippen LogP contribution in [0.4, 0.5) is 5.82 Å². The van der Waals surface area contributed by atoms with Gasteiger partial charge in [-0.15, -0.1) is 0 Å². The van der Waals surface area contributed by atoms with E-state index in [1.54, 1.807) is 6.07 Å². The van der Waals surface area contributed by atoms with E-state index in [2.05, 4.69) is 9.97 Å². The number of hydrogen-bond donors (Lipinski definition) is 2. The van der Waals surface area contributed by atoms with Crippen LogP contribution in [0.2, 0.25) is 0 Å². The number of aliphatic hydroxyl groups excluding tert-OH is 1. The van der Waals surface area contributed by atoms with Crippen LogP contribution in [0, 0.1) is 5.92 Å². The van der Waals surface area contributed by atoms with Gasteiger partial charge in [0.1, 0.15) is 11.6 Å². The number of aromatic nitrogens is 2. The minimum absolute atomic E-state index is 0.0700. The summed E-state index contributed by atoms with van der Waals surface area (Å²) in [5.74, 6) is 2.39. The van der Waals surface area contributed by atoms with Crippen LogP contribution < -0.4 is 10.5 Å². The van der Waals surface area contributed by atoms with E-state index in [0.717, 1.165) is 37.6 Å². The first-order valence-corrected chi connectivity index (χ1v) is 5.73. The highest BCUT2D eigenvalue weighted by molar-refractivity contribution is 5.41. The number of aromatic amines is 1. The molecule has 1 aliphatic carbocycles. The molecule has 5 heteroatoms. The highest BCUT2D eigenvalue weighted by Gasteiger charge is 2.30. The van der Waals surface area contributed by atoms with Gasteiger partial charge in [-0.2, -0.15) is 0 Å². The summed E-state index contributed by atoms with van der Waals surface area (Å²) < 4.78 is 0. The number of nitrogens with zero attached hydrogens (tertiary/aromatic N) is 2. The van der Waals surface area contributed by atoms with E-state index in [1.807, 2.05) is 4.90 Å². The van der Waals surface area contributed by atoms with Gasteiger partial charge in [0, 0.05) is 37.6 Å². The Balaban J connectivity index is 1.81. The fourth-order valence-electron chi connectivity index (χ4n) is 2.05. The van der Waals surface area contributed by atoms with E-state index < -0.39 is 0 Å². The Hall–Kier alpha value is -1.36. The Morgan fingerprint density at radius 1 is 1.50 bits per heavy atom. The maximum absolute atomic E-state index is 11.5. The van der Waals surface area contributed by atoms with E-state index in [9.17, 15) is 4.79 Å². The van der Waals surface area contributed by atoms with Crippen molar-refractivity contribution in [1.82, 2.24) is 9.97 Å². The molecule has 1 saturated carbocycles. The Labute approximate surface area is 93.1 Å². The molecule has 1 aromatic rings. The maximum Gasteiger partial charge on any atom is 0.252 e. The van der Waals surface area contributed by atoms with Gasteiger partial charge in [0.05, 0.1) is 0 Å². The molecule has 3 rings (SSSR count). The van der Waals surface area contributed by atoms with Crippen molar-refractivity contribution in [3.63, 3.8) is 0 Å². The normalized spacial score (nSPS) is 20.9. The molecule has 2 heterocycles. The number of hydrogen-bond acceptors (Lipinski definition) is 4. The summed E-state index contributed by atoms with van der Waals surface area (Å²) in [7, 11) is 0. The average molecular weight is 221 g/mol. The van der Waals surface area contributed by atoms with E-state index in [1.165, 1.54) is 0 Å². The second-order valence-corrected chi connectivity index (χ2v) is 4.72. The van der Waals surface area contributed by atoms with Gasteiger partial charge in [-0.3, -0.25) is 4.79 Å². The lowest BCUT2D eigenvalue weighted by atomic mass is 10.0. The second kappa shape index (κ2) is 3.59. The third-order valence-electron chi connectivity index (χ3n) is 3.25. The number of anilines is 1. The Kier molecular flexibility index (Phi) is 2.21. The van der Waals surface area contributed by atoms with Gasteiger partial charge in [-0.1, -0.05) is 0 Å². The van der Waals surface area contributed by atoms with E-state index >= 15 is 0 Å². The molecule has 2 fully saturated rings. The molecule has 0 atom stereocenters. The van der Waals surface area contributed by atoms with Crippen molar-refractivity contribution >= 4 is 5.82 Å². The molecule has 0 amide bonds. The van der Waals surface area contributed by atoms with Gasteiger partial charge < -0.3 is 15.0 Å². The van der Waals surface area contributed by atoms with Gasteiger partial charge in [0.25, 0.3) is 5.56 Å². The largest absolute Gasteiger partial charge is 0.396 e. The van der Waals surface area contributed by atoms with Crippen molar-refractivity contribution in [3.8, 4) is 0 Å². The van der Waals surface area contributed by atoms with Gasteiger partial charge in [0.15, 0.2) is 0 Å². The molecule has 1 aromatic heterocycles. The highest BCUT2D eigenvalue weighted by atomic mass is 16.3. The SMILES string of the molecule is O=c1cc(N2CC(CO)C2)nc(C2CC2)[nH]1. The lowest BCUT2D eigenvalue weighted by molar-refractivity contribution is 0.200. The summed E-state index contributed by atoms with van der Waals surface area (Å²) >= 11 is 0. The molecular weight excluding hydrogens is 206 g/mol. The van der Waals surface area contributed by atoms with Crippen LogP contribution >= 0.6 is 0 Å². The van der Waals surface area contributed by atoms with Crippen molar-refractivity contribution in [2.24, 2.45) is 5.92 Å². The summed E-state index contributed by atoms with van der Waals surface area (Å²) in [6.45, 7) is 1.82. The minimum Gasteiger partial charge on any atom is -0.396 e. The predicted octanol–water partition coefficient (Wildman–Crippen LogP) is 0.0758. The van der Waals surface area contributed by atoms with Crippen molar-refractivity contribution in [1.29, 1.82) is 0 Å². The van der Waals surface area contributed by atoms with E-state index in [4.69, 9.17) is 5.11 Å². The third kappa shape index (κ3) is 1.71. The number of aliphatic hydroxyl groups is 1. The standard InChI is InChI=1S/C11H15N3O2/c15-6-7-4-14(5-7)9-3-10(16)13-11(12-9)8-1-2-8/h3,7-8,15H,1-2,4-6H2,(H,12,13,16). The fraction of sp³-hybridized carbons (Fsp3) is 0.636. The maximum atomic E-state index is 11.5. The minimum atomic E-state index is -0.0700. The van der Waals surface area contributed by atoms with Crippen LogP contribution in [0.5, 0.6) is 0 Å². The van der Waals surface area contributed by atoms with E-state index in [-0.39, 0.29) is 12.2 Å². The molecule has 86 valence electrons. The van der Waals surface area contributed by atoms with E-state index in [0.29, 0.717) is 11.8 Å². The lowest BCUT2D eigenvalue weighted by Crippen LogP contribution is -2.49. The summed E-state index contributed by atoms with van der Waals surface area (Å²) in [6.07, 6.45) is 2.26. The molecule has 1 aliphatic heterocycles. The summed E-state index contributed by atoms with van der Waals surface area (Å²) in [5.41, 5.74) is -0.0700. The van der Waals surface area contributed by atoms with Crippen molar-refractivity contribution in [2.75, 3.05) is 24.6 Å². The van der Waals surface area contributed by atoms with Crippen LogP contribution in [-0.4, -0.2) is 34.8 Å². The van der Waals surface area contributed by atoms with Gasteiger partial charge in [-0.25, -0.2) is 4.98 Å². The quantitative estimate of drug-likeness (QED) is 0.758. The van der Waals surface area contributed by atoms with Gasteiger partial charge in [-0.05, 0) is 12.8 Å². The van der Waals surface area contributed by atoms with Crippen LogP contribution in [0.3, 0.4) is 0 Å². The third-order valence-corrected chi connectivity index (χ3v) is 3.25. The van der Waals surface area contributed by atoms with Gasteiger partial charge in [0.2, 0.25) is 0 Å². The molecule has 0 aromatic carbocycles. The molecule has 0 radical (unpaired) electrons. The van der Waals surface area contributed by atoms with Crippen molar-refractivity contribution in [2.45, 2.75) is 18.8 Å². The van der Waals surface area contributed by atoms with Crippen LogP contribution in [0.1, 0.15) is 24.6 Å². The predicted molar refractivity (Wildman–Crippen MR) is 59.6 cm³/mol. The molecular formula is C11H15N3O2. The first kappa shape index (κ1) is 9.84. The Morgan fingerprint density at radius 3 is 2.88 bits per heavy atom. The van der Waals surface area contributed by atoms with Crippen LogP contribution in [0.25, 0.3) is 0 Å². The zero-order valence-electron chi connectivity index (χ0n) is 9.02. The molecule has 0 spiro atoms. The molecule has 16 heavy (non-hydrogen) atoms. The first-order chi connectivity index (χ1) is 7.76. The Morgan fingerprint density at radius 2 is 2.25 bits per heavy atom. The highest BCUT2D eigenvalue weighted by Crippen LogP contribution is 2.38. The number of rotatable bonds is 3. The molecule has 1 saturated heterocycles. The zero-order chi connectivity index (χ0) is 11.1. The van der Waals surface area contributed by atoms with Crippen LogP contribution in [0.15, 0.2) is 10.9 Å². The topological polar surface area (TPSA) is 69.2 Å². The second-order valence-electron chi connectivity index (χ2n) is 4.72. The summed E-state index contributed by atoms with van der Waals surface area (Å²) in [5, 5.41) is 8.94. The molecule has 2 aliphatic rings. The molecule has 2 N–H and O–H groups in total. The molecule has 0 bridgehead atoms. The van der Waals surface area contributed by atoms with Gasteiger partial charge >= 0.3 is 0 Å². The van der Waals surface area contributed by atoms with Crippen molar-refractivity contribution in [3.05, 3.63) is 22.2 Å². The summed E-state index contributed by atoms with van der Waals surface area (Å²) in [6, 6.07) is 1.54. The molecule has 0 unspecified atom stereocenters. The monoisotopic (exact) mass is 221 g/mol. The number of nitrogens with one attached hydrogen (secondary N) is 1. The molecule has 5 nitrogen and oxygen atoms in total. The average Bonchev–Trinajstić information content (AvgIpc) is 2.98. The smallest absolute Gasteiger partial charge is 0.252 e. The summed E-state index contributed by atoms with van der Waals surface area (Å²) in [4.78, 5) is 20.8. The first-order valence-electron chi connectivity index (χ1n) is 5.73. The van der Waals surface area contributed by atoms with Crippen LogP contribution in [-0.2, 0) is 0 Å². The Bertz CT molecular complexity index is 447.